The van der Waals surface area contributed by atoms with Crippen LogP contribution in [0.3, 0.4) is 0 Å². The summed E-state index contributed by atoms with van der Waals surface area (Å²) in [5, 5.41) is 1.05. The van der Waals surface area contributed by atoms with Crippen LogP contribution in [0.25, 0.3) is 0 Å². The second kappa shape index (κ2) is 5.10. The number of benzene rings is 2. The van der Waals surface area contributed by atoms with Gasteiger partial charge < -0.3 is 4.84 Å². The Morgan fingerprint density at radius 1 is 0.938 bits per heavy atom. The van der Waals surface area contributed by atoms with E-state index in [2.05, 4.69) is 5.48 Å². The highest BCUT2D eigenvalue weighted by Gasteiger charge is 2.02. The Kier molecular flexibility index (Phi) is 3.54. The molecule has 0 aromatic heterocycles. The minimum atomic E-state index is 0.468. The molecule has 0 unspecified atom stereocenters. The van der Waals surface area contributed by atoms with Crippen molar-refractivity contribution in [2.45, 2.75) is 0 Å². The number of nitrogens with one attached hydrogen (secondary N) is 1. The molecule has 4 heteroatoms. The van der Waals surface area contributed by atoms with Crippen molar-refractivity contribution < 1.29 is 4.84 Å². The van der Waals surface area contributed by atoms with Crippen LogP contribution >= 0.6 is 23.2 Å². The third-order valence-corrected chi connectivity index (χ3v) is 2.48. The van der Waals surface area contributed by atoms with E-state index in [9.17, 15) is 0 Å². The van der Waals surface area contributed by atoms with Crippen molar-refractivity contribution in [2.24, 2.45) is 0 Å². The third-order valence-electron chi connectivity index (χ3n) is 1.95. The zero-order valence-corrected chi connectivity index (χ0v) is 9.79. The van der Waals surface area contributed by atoms with Gasteiger partial charge in [-0.15, -0.1) is 0 Å². The molecule has 2 rings (SSSR count). The van der Waals surface area contributed by atoms with E-state index >= 15 is 0 Å². The molecule has 0 aliphatic carbocycles. The van der Waals surface area contributed by atoms with Crippen LogP contribution in [-0.4, -0.2) is 0 Å². The minimum absolute atomic E-state index is 0.468. The quantitative estimate of drug-likeness (QED) is 0.819. The van der Waals surface area contributed by atoms with Gasteiger partial charge in [0.1, 0.15) is 0 Å². The number of hydrogen-bond donors (Lipinski definition) is 1. The van der Waals surface area contributed by atoms with Gasteiger partial charge >= 0.3 is 0 Å². The van der Waals surface area contributed by atoms with E-state index in [1.165, 1.54) is 0 Å². The summed E-state index contributed by atoms with van der Waals surface area (Å²) < 4.78 is 0. The van der Waals surface area contributed by atoms with Gasteiger partial charge in [-0.25, -0.2) is 5.48 Å². The van der Waals surface area contributed by atoms with E-state index in [-0.39, 0.29) is 0 Å². The fraction of sp³-hybridized carbons (Fsp3) is 0. The van der Waals surface area contributed by atoms with Gasteiger partial charge in [-0.1, -0.05) is 41.4 Å². The topological polar surface area (TPSA) is 21.3 Å². The highest BCUT2D eigenvalue weighted by atomic mass is 35.5. The summed E-state index contributed by atoms with van der Waals surface area (Å²) >= 11 is 11.7. The molecule has 0 radical (unpaired) electrons. The second-order valence-electron chi connectivity index (χ2n) is 3.14. The molecule has 0 fully saturated rings. The molecule has 0 amide bonds. The predicted octanol–water partition coefficient (Wildman–Crippen LogP) is 4.40. The molecule has 2 nitrogen and oxygen atoms in total. The Labute approximate surface area is 104 Å². The number of para-hydroxylation sites is 1. The van der Waals surface area contributed by atoms with Crippen molar-refractivity contribution in [1.82, 2.24) is 0 Å². The number of hydrogen-bond acceptors (Lipinski definition) is 2. The predicted molar refractivity (Wildman–Crippen MR) is 67.2 cm³/mol. The summed E-state index contributed by atoms with van der Waals surface area (Å²) in [6.07, 6.45) is 0. The van der Waals surface area contributed by atoms with Gasteiger partial charge in [0.05, 0.1) is 10.7 Å². The van der Waals surface area contributed by atoms with Crippen LogP contribution in [0, 0.1) is 0 Å². The first-order valence-corrected chi connectivity index (χ1v) is 5.44. The van der Waals surface area contributed by atoms with E-state index in [0.29, 0.717) is 15.8 Å². The maximum Gasteiger partial charge on any atom is 0.173 e. The first-order valence-electron chi connectivity index (χ1n) is 4.68. The molecule has 0 aliphatic heterocycles. The summed E-state index contributed by atoms with van der Waals surface area (Å²) in [5.74, 6) is 0.537. The maximum absolute atomic E-state index is 5.95. The molecule has 0 bridgehead atoms. The lowest BCUT2D eigenvalue weighted by molar-refractivity contribution is 0.405. The van der Waals surface area contributed by atoms with Crippen LogP contribution in [0.5, 0.6) is 5.75 Å². The summed E-state index contributed by atoms with van der Waals surface area (Å²) in [5.41, 5.74) is 3.65. The molecule has 0 saturated heterocycles. The van der Waals surface area contributed by atoms with Gasteiger partial charge in [0.2, 0.25) is 0 Å². The molecule has 0 atom stereocenters. The third kappa shape index (κ3) is 2.81. The lowest BCUT2D eigenvalue weighted by Crippen LogP contribution is -2.04. The van der Waals surface area contributed by atoms with Crippen molar-refractivity contribution in [3.63, 3.8) is 0 Å². The first-order chi connectivity index (χ1) is 7.75. The van der Waals surface area contributed by atoms with Gasteiger partial charge in [-0.05, 0) is 30.3 Å². The van der Waals surface area contributed by atoms with Crippen LogP contribution < -0.4 is 10.3 Å². The van der Waals surface area contributed by atoms with Crippen LogP contribution in [0.2, 0.25) is 10.0 Å². The largest absolute Gasteiger partial charge is 0.381 e. The van der Waals surface area contributed by atoms with Crippen LogP contribution in [0.15, 0.2) is 48.5 Å². The zero-order valence-electron chi connectivity index (χ0n) is 8.28. The molecule has 0 spiro atoms. The van der Waals surface area contributed by atoms with E-state index in [4.69, 9.17) is 28.0 Å². The highest BCUT2D eigenvalue weighted by Crippen LogP contribution is 2.27. The molecular weight excluding hydrogens is 245 g/mol. The Balaban J connectivity index is 2.05. The normalized spacial score (nSPS) is 9.88. The fourth-order valence-electron chi connectivity index (χ4n) is 1.18. The highest BCUT2D eigenvalue weighted by molar-refractivity contribution is 6.35. The Bertz CT molecular complexity index is 474. The number of halogens is 2. The van der Waals surface area contributed by atoms with Crippen molar-refractivity contribution in [3.8, 4) is 5.75 Å². The molecule has 1 N–H and O–H groups in total. The van der Waals surface area contributed by atoms with Gasteiger partial charge in [0, 0.05) is 5.02 Å². The Morgan fingerprint density at radius 3 is 2.38 bits per heavy atom. The average Bonchev–Trinajstić information content (AvgIpc) is 2.29. The fourth-order valence-corrected chi connectivity index (χ4v) is 1.63. The smallest absolute Gasteiger partial charge is 0.173 e. The van der Waals surface area contributed by atoms with E-state index in [0.717, 1.165) is 5.69 Å². The van der Waals surface area contributed by atoms with Crippen molar-refractivity contribution in [3.05, 3.63) is 58.6 Å². The monoisotopic (exact) mass is 253 g/mol. The van der Waals surface area contributed by atoms with E-state index < -0.39 is 0 Å². The molecule has 0 heterocycles. The lowest BCUT2D eigenvalue weighted by Gasteiger charge is -2.09. The van der Waals surface area contributed by atoms with Crippen molar-refractivity contribution in [2.75, 3.05) is 5.48 Å². The molecule has 0 aliphatic rings. The minimum Gasteiger partial charge on any atom is -0.381 e. The summed E-state index contributed by atoms with van der Waals surface area (Å²) in [6, 6.07) is 14.6. The summed E-state index contributed by atoms with van der Waals surface area (Å²) in [6.45, 7) is 0. The van der Waals surface area contributed by atoms with Crippen LogP contribution in [0.1, 0.15) is 0 Å². The number of rotatable bonds is 3. The molecule has 2 aromatic rings. The average molecular weight is 254 g/mol. The van der Waals surface area contributed by atoms with Crippen molar-refractivity contribution >= 4 is 28.9 Å². The van der Waals surface area contributed by atoms with Gasteiger partial charge in [-0.3, -0.25) is 0 Å². The van der Waals surface area contributed by atoms with Gasteiger partial charge in [0.25, 0.3) is 0 Å². The van der Waals surface area contributed by atoms with Gasteiger partial charge in [0.15, 0.2) is 5.75 Å². The molecular formula is C12H9Cl2NO. The standard InChI is InChI=1S/C12H9Cl2NO/c13-9-6-7-12(11(14)8-9)16-15-10-4-2-1-3-5-10/h1-8,15H. The summed E-state index contributed by atoms with van der Waals surface area (Å²) in [4.78, 5) is 5.34. The lowest BCUT2D eigenvalue weighted by atomic mass is 10.3. The van der Waals surface area contributed by atoms with E-state index in [1.807, 2.05) is 30.3 Å². The SMILES string of the molecule is Clc1ccc(ONc2ccccc2)c(Cl)c1. The van der Waals surface area contributed by atoms with Crippen LogP contribution in [0.4, 0.5) is 5.69 Å². The molecule has 0 saturated carbocycles. The van der Waals surface area contributed by atoms with E-state index in [1.54, 1.807) is 18.2 Å². The van der Waals surface area contributed by atoms with Crippen molar-refractivity contribution in [1.29, 1.82) is 0 Å². The Morgan fingerprint density at radius 2 is 1.69 bits per heavy atom. The molecule has 16 heavy (non-hydrogen) atoms. The zero-order chi connectivity index (χ0) is 11.4. The molecule has 2 aromatic carbocycles. The van der Waals surface area contributed by atoms with Crippen LogP contribution in [-0.2, 0) is 0 Å². The second-order valence-corrected chi connectivity index (χ2v) is 3.99. The number of anilines is 1. The van der Waals surface area contributed by atoms with Gasteiger partial charge in [-0.2, -0.15) is 0 Å². The first kappa shape index (κ1) is 11.1. The maximum atomic E-state index is 5.95. The molecule has 82 valence electrons. The summed E-state index contributed by atoms with van der Waals surface area (Å²) in [7, 11) is 0. The Hall–Kier alpha value is -1.38.